The first-order valence-corrected chi connectivity index (χ1v) is 16.4. The van der Waals surface area contributed by atoms with E-state index in [0.717, 1.165) is 17.5 Å². The third-order valence-electron chi connectivity index (χ3n) is 8.44. The van der Waals surface area contributed by atoms with Gasteiger partial charge in [-0.25, -0.2) is 13.4 Å². The zero-order chi connectivity index (χ0) is 29.1. The highest BCUT2D eigenvalue weighted by Gasteiger charge is 2.29. The summed E-state index contributed by atoms with van der Waals surface area (Å²) in [6, 6.07) is 11.7. The minimum atomic E-state index is -3.52. The van der Waals surface area contributed by atoms with Crippen LogP contribution in [0.5, 0.6) is 5.75 Å². The highest BCUT2D eigenvalue weighted by atomic mass is 35.5. The Bertz CT molecular complexity index is 1480. The van der Waals surface area contributed by atoms with Crippen LogP contribution in [0.3, 0.4) is 0 Å². The van der Waals surface area contributed by atoms with Crippen LogP contribution in [0, 0.1) is 6.92 Å². The van der Waals surface area contributed by atoms with E-state index in [2.05, 4.69) is 44.6 Å². The van der Waals surface area contributed by atoms with Gasteiger partial charge in [-0.3, -0.25) is 0 Å². The number of anilines is 4. The fourth-order valence-corrected chi connectivity index (χ4v) is 7.44. The lowest BCUT2D eigenvalue weighted by Gasteiger charge is -2.35. The maximum absolute atomic E-state index is 12.9. The number of benzene rings is 2. The Hall–Kier alpha value is -2.88. The Morgan fingerprint density at radius 1 is 1.02 bits per heavy atom. The number of para-hydroxylation sites is 1. The second-order valence-electron chi connectivity index (χ2n) is 11.4. The summed E-state index contributed by atoms with van der Waals surface area (Å²) in [4.78, 5) is 11.8. The van der Waals surface area contributed by atoms with Gasteiger partial charge in [-0.1, -0.05) is 23.7 Å². The van der Waals surface area contributed by atoms with Crippen molar-refractivity contribution in [1.29, 1.82) is 0 Å². The number of sulfone groups is 1. The molecule has 1 aliphatic heterocycles. The molecule has 2 N–H and O–H groups in total. The Morgan fingerprint density at radius 3 is 2.41 bits per heavy atom. The Morgan fingerprint density at radius 2 is 1.73 bits per heavy atom. The smallest absolute Gasteiger partial charge is 0.229 e. The van der Waals surface area contributed by atoms with Crippen LogP contribution < -0.4 is 15.4 Å². The molecule has 8 nitrogen and oxygen atoms in total. The number of likely N-dealkylation sites (tertiary alicyclic amines) is 1. The first kappa shape index (κ1) is 29.6. The van der Waals surface area contributed by atoms with E-state index in [1.165, 1.54) is 68.9 Å². The van der Waals surface area contributed by atoms with E-state index in [1.807, 2.05) is 0 Å². The lowest BCUT2D eigenvalue weighted by molar-refractivity contribution is 0.182. The van der Waals surface area contributed by atoms with Gasteiger partial charge in [0.1, 0.15) is 10.8 Å². The molecule has 220 valence electrons. The van der Waals surface area contributed by atoms with Crippen molar-refractivity contribution in [2.24, 2.45) is 0 Å². The average Bonchev–Trinajstić information content (AvgIpc) is 3.50. The standard InChI is InChI=1S/C31H40ClN5O3S/c1-20(2)41(38,39)29-10-6-5-9-26(29)34-30-25(32)19-33-31(36-30)35-27-17-21(3)24(18-28(27)40-4)22-11-13-23(14-12-22)37-15-7-8-16-37/h5-6,9-10,17-20,22-23H,7-8,11-16H2,1-4H3,(H2,33,34,35,36). The van der Waals surface area contributed by atoms with E-state index in [-0.39, 0.29) is 9.92 Å². The molecular weight excluding hydrogens is 558 g/mol. The van der Waals surface area contributed by atoms with Gasteiger partial charge in [-0.05, 0) is 114 Å². The molecule has 3 aromatic rings. The second-order valence-corrected chi connectivity index (χ2v) is 14.3. The minimum absolute atomic E-state index is 0.196. The molecule has 5 rings (SSSR count). The third-order valence-corrected chi connectivity index (χ3v) is 10.9. The number of nitrogens with zero attached hydrogens (tertiary/aromatic N) is 3. The van der Waals surface area contributed by atoms with Crippen LogP contribution in [0.1, 0.15) is 69.4 Å². The number of hydrogen-bond donors (Lipinski definition) is 2. The number of methoxy groups -OCH3 is 1. The summed E-state index contributed by atoms with van der Waals surface area (Å²) >= 11 is 6.43. The molecule has 0 amide bonds. The van der Waals surface area contributed by atoms with Gasteiger partial charge in [-0.2, -0.15) is 4.98 Å². The van der Waals surface area contributed by atoms with E-state index in [4.69, 9.17) is 16.3 Å². The number of ether oxygens (including phenoxy) is 1. The summed E-state index contributed by atoms with van der Waals surface area (Å²) < 4.78 is 31.6. The monoisotopic (exact) mass is 597 g/mol. The predicted molar refractivity (Wildman–Crippen MR) is 166 cm³/mol. The maximum Gasteiger partial charge on any atom is 0.229 e. The minimum Gasteiger partial charge on any atom is -0.495 e. The van der Waals surface area contributed by atoms with Crippen LogP contribution in [0.25, 0.3) is 0 Å². The molecule has 1 saturated carbocycles. The lowest BCUT2D eigenvalue weighted by atomic mass is 9.79. The summed E-state index contributed by atoms with van der Waals surface area (Å²) in [6.07, 6.45) is 9.07. The molecule has 0 radical (unpaired) electrons. The number of aromatic nitrogens is 2. The Kier molecular flexibility index (Phi) is 9.06. The van der Waals surface area contributed by atoms with Crippen LogP contribution in [-0.4, -0.2) is 54.8 Å². The Labute approximate surface area is 248 Å². The number of hydrogen-bond acceptors (Lipinski definition) is 8. The summed E-state index contributed by atoms with van der Waals surface area (Å²) in [5.41, 5.74) is 3.72. The van der Waals surface area contributed by atoms with Crippen molar-refractivity contribution in [2.75, 3.05) is 30.8 Å². The predicted octanol–water partition coefficient (Wildman–Crippen LogP) is 7.24. The van der Waals surface area contributed by atoms with E-state index in [1.54, 1.807) is 45.2 Å². The van der Waals surface area contributed by atoms with Gasteiger partial charge in [0.2, 0.25) is 5.95 Å². The SMILES string of the molecule is COc1cc(C2CCC(N3CCCC3)CC2)c(C)cc1Nc1ncc(Cl)c(Nc2ccccc2S(=O)(=O)C(C)C)n1. The van der Waals surface area contributed by atoms with E-state index in [9.17, 15) is 8.42 Å². The topological polar surface area (TPSA) is 96.5 Å². The van der Waals surface area contributed by atoms with Gasteiger partial charge in [0, 0.05) is 6.04 Å². The van der Waals surface area contributed by atoms with E-state index < -0.39 is 15.1 Å². The van der Waals surface area contributed by atoms with Gasteiger partial charge in [-0.15, -0.1) is 0 Å². The molecule has 2 aromatic carbocycles. The molecule has 10 heteroatoms. The van der Waals surface area contributed by atoms with Gasteiger partial charge in [0.05, 0.1) is 34.8 Å². The number of nitrogens with one attached hydrogen (secondary N) is 2. The maximum atomic E-state index is 12.9. The highest BCUT2D eigenvalue weighted by Crippen LogP contribution is 2.41. The van der Waals surface area contributed by atoms with Crippen molar-refractivity contribution in [2.45, 2.75) is 81.4 Å². The summed E-state index contributed by atoms with van der Waals surface area (Å²) in [5, 5.41) is 6.10. The quantitative estimate of drug-likeness (QED) is 0.266. The molecule has 2 fully saturated rings. The Balaban J connectivity index is 1.35. The van der Waals surface area contributed by atoms with Crippen molar-refractivity contribution in [3.63, 3.8) is 0 Å². The fraction of sp³-hybridized carbons (Fsp3) is 0.484. The van der Waals surface area contributed by atoms with Gasteiger partial charge < -0.3 is 20.3 Å². The van der Waals surface area contributed by atoms with Crippen LogP contribution in [0.4, 0.5) is 23.1 Å². The molecular formula is C31H40ClN5O3S. The van der Waals surface area contributed by atoms with Crippen LogP contribution in [-0.2, 0) is 9.84 Å². The first-order chi connectivity index (χ1) is 19.7. The zero-order valence-electron chi connectivity index (χ0n) is 24.3. The largest absolute Gasteiger partial charge is 0.495 e. The van der Waals surface area contributed by atoms with Crippen LogP contribution >= 0.6 is 11.6 Å². The van der Waals surface area contributed by atoms with E-state index in [0.29, 0.717) is 23.4 Å². The third kappa shape index (κ3) is 6.47. The summed E-state index contributed by atoms with van der Waals surface area (Å²) in [6.45, 7) is 7.98. The van der Waals surface area contributed by atoms with Crippen LogP contribution in [0.15, 0.2) is 47.5 Å². The first-order valence-electron chi connectivity index (χ1n) is 14.5. The van der Waals surface area contributed by atoms with E-state index >= 15 is 0 Å². The zero-order valence-corrected chi connectivity index (χ0v) is 25.9. The highest BCUT2D eigenvalue weighted by molar-refractivity contribution is 7.92. The fourth-order valence-electron chi connectivity index (χ4n) is 6.10. The van der Waals surface area contributed by atoms with Gasteiger partial charge in [0.25, 0.3) is 0 Å². The van der Waals surface area contributed by atoms with Crippen molar-refractivity contribution in [3.8, 4) is 5.75 Å². The van der Waals surface area contributed by atoms with Gasteiger partial charge >= 0.3 is 0 Å². The molecule has 1 aliphatic carbocycles. The van der Waals surface area contributed by atoms with Crippen molar-refractivity contribution in [3.05, 3.63) is 58.7 Å². The lowest BCUT2D eigenvalue weighted by Crippen LogP contribution is -2.35. The van der Waals surface area contributed by atoms with Gasteiger partial charge in [0.15, 0.2) is 15.7 Å². The number of rotatable bonds is 9. The van der Waals surface area contributed by atoms with Crippen molar-refractivity contribution < 1.29 is 13.2 Å². The molecule has 1 aromatic heterocycles. The summed E-state index contributed by atoms with van der Waals surface area (Å²) in [5.74, 6) is 1.88. The molecule has 0 spiro atoms. The molecule has 1 saturated heterocycles. The van der Waals surface area contributed by atoms with Crippen LogP contribution in [0.2, 0.25) is 5.02 Å². The number of halogens is 1. The molecule has 0 atom stereocenters. The number of aryl methyl sites for hydroxylation is 1. The molecule has 2 aliphatic rings. The molecule has 0 unspecified atom stereocenters. The van der Waals surface area contributed by atoms with Crippen molar-refractivity contribution >= 4 is 44.6 Å². The molecule has 0 bridgehead atoms. The van der Waals surface area contributed by atoms with Crippen molar-refractivity contribution in [1.82, 2.24) is 14.9 Å². The molecule has 2 heterocycles. The normalized spacial score (nSPS) is 19.9. The average molecular weight is 598 g/mol. The second kappa shape index (κ2) is 12.5. The summed E-state index contributed by atoms with van der Waals surface area (Å²) in [7, 11) is -1.85. The molecule has 41 heavy (non-hydrogen) atoms.